The zero-order chi connectivity index (χ0) is 24.8. The summed E-state index contributed by atoms with van der Waals surface area (Å²) in [6, 6.07) is 6.92. The largest absolute Gasteiger partial charge is 0.481 e. The molecule has 1 heterocycles. The van der Waals surface area contributed by atoms with Crippen LogP contribution in [0.4, 0.5) is 10.5 Å². The fourth-order valence-corrected chi connectivity index (χ4v) is 2.41. The van der Waals surface area contributed by atoms with E-state index in [2.05, 4.69) is 25.7 Å². The minimum atomic E-state index is -1.04. The number of carboxylic acids is 1. The Labute approximate surface area is 192 Å². The number of carboxylic acid groups (broad SMARTS) is 1. The van der Waals surface area contributed by atoms with Crippen LogP contribution in [-0.2, 0) is 20.9 Å². The summed E-state index contributed by atoms with van der Waals surface area (Å²) < 4.78 is 5.32. The lowest BCUT2D eigenvalue weighted by Crippen LogP contribution is -2.38. The normalized spacial score (nSPS) is 11.6. The number of carbonyl (C=O) groups is 3. The van der Waals surface area contributed by atoms with Crippen LogP contribution in [0.15, 0.2) is 24.3 Å². The lowest BCUT2D eigenvalue weighted by atomic mass is 9.95. The molecular formula is C22H30N6O5. The predicted molar refractivity (Wildman–Crippen MR) is 120 cm³/mol. The van der Waals surface area contributed by atoms with E-state index in [1.54, 1.807) is 45.0 Å². The molecule has 2 amide bonds. The van der Waals surface area contributed by atoms with E-state index in [1.807, 2.05) is 20.8 Å². The van der Waals surface area contributed by atoms with E-state index in [9.17, 15) is 14.4 Å². The molecule has 0 saturated carbocycles. The molecule has 1 aromatic carbocycles. The highest BCUT2D eigenvalue weighted by Crippen LogP contribution is 2.20. The van der Waals surface area contributed by atoms with Crippen LogP contribution in [0.3, 0.4) is 0 Å². The summed E-state index contributed by atoms with van der Waals surface area (Å²) in [6.45, 7) is 10.5. The van der Waals surface area contributed by atoms with Gasteiger partial charge in [-0.1, -0.05) is 20.8 Å². The average molecular weight is 459 g/mol. The van der Waals surface area contributed by atoms with Crippen molar-refractivity contribution in [2.24, 2.45) is 5.41 Å². The Morgan fingerprint density at radius 2 is 1.55 bits per heavy atom. The molecule has 0 radical (unpaired) electrons. The average Bonchev–Trinajstić information content (AvgIpc) is 2.70. The molecule has 2 aromatic rings. The Balaban J connectivity index is 2.10. The van der Waals surface area contributed by atoms with Crippen molar-refractivity contribution in [3.63, 3.8) is 0 Å². The van der Waals surface area contributed by atoms with Crippen molar-refractivity contribution < 1.29 is 24.2 Å². The molecular weight excluding hydrogens is 428 g/mol. The van der Waals surface area contributed by atoms with Gasteiger partial charge in [0.15, 0.2) is 5.82 Å². The number of rotatable bonds is 7. The SMILES string of the molecule is CC(C)(C)OC(=O)N(CCC(=O)O)Cc1nnc(-c2ccc(NC(=O)C(C)(C)C)cc2)nn1. The summed E-state index contributed by atoms with van der Waals surface area (Å²) in [6.07, 6.45) is -0.930. The number of benzene rings is 1. The molecule has 2 N–H and O–H groups in total. The first kappa shape index (κ1) is 25.6. The standard InChI is InChI=1S/C22H30N6O5/c1-21(2,3)19(31)23-15-9-7-14(8-10-15)18-26-24-16(25-27-18)13-28(12-11-17(29)30)20(32)33-22(4,5)6/h7-10H,11-13H2,1-6H3,(H,23,31)(H,29,30). The van der Waals surface area contributed by atoms with Crippen molar-refractivity contribution in [3.05, 3.63) is 30.1 Å². The van der Waals surface area contributed by atoms with Gasteiger partial charge in [-0.2, -0.15) is 0 Å². The Kier molecular flexibility index (Phi) is 8.02. The number of aromatic nitrogens is 4. The van der Waals surface area contributed by atoms with Crippen molar-refractivity contribution in [1.82, 2.24) is 25.3 Å². The van der Waals surface area contributed by atoms with Gasteiger partial charge in [0.25, 0.3) is 0 Å². The molecule has 0 saturated heterocycles. The number of ether oxygens (including phenoxy) is 1. The lowest BCUT2D eigenvalue weighted by molar-refractivity contribution is -0.137. The molecule has 0 fully saturated rings. The number of hydrogen-bond donors (Lipinski definition) is 2. The zero-order valence-corrected chi connectivity index (χ0v) is 19.7. The highest BCUT2D eigenvalue weighted by Gasteiger charge is 2.24. The van der Waals surface area contributed by atoms with Gasteiger partial charge in [-0.15, -0.1) is 20.4 Å². The summed E-state index contributed by atoms with van der Waals surface area (Å²) in [7, 11) is 0. The molecule has 2 rings (SSSR count). The minimum Gasteiger partial charge on any atom is -0.481 e. The van der Waals surface area contributed by atoms with Gasteiger partial charge < -0.3 is 15.2 Å². The molecule has 11 nitrogen and oxygen atoms in total. The second kappa shape index (κ2) is 10.3. The monoisotopic (exact) mass is 458 g/mol. The highest BCUT2D eigenvalue weighted by atomic mass is 16.6. The topological polar surface area (TPSA) is 148 Å². The van der Waals surface area contributed by atoms with Gasteiger partial charge in [0.05, 0.1) is 13.0 Å². The van der Waals surface area contributed by atoms with Crippen LogP contribution in [0, 0.1) is 5.41 Å². The third-order valence-corrected chi connectivity index (χ3v) is 4.18. The van der Waals surface area contributed by atoms with E-state index in [0.29, 0.717) is 11.3 Å². The lowest BCUT2D eigenvalue weighted by Gasteiger charge is -2.26. The highest BCUT2D eigenvalue weighted by molar-refractivity contribution is 5.94. The zero-order valence-electron chi connectivity index (χ0n) is 19.7. The molecule has 0 atom stereocenters. The summed E-state index contributed by atoms with van der Waals surface area (Å²) in [5.74, 6) is -0.735. The molecule has 33 heavy (non-hydrogen) atoms. The maximum Gasteiger partial charge on any atom is 0.410 e. The van der Waals surface area contributed by atoms with E-state index in [0.717, 1.165) is 0 Å². The van der Waals surface area contributed by atoms with E-state index in [4.69, 9.17) is 9.84 Å². The maximum absolute atomic E-state index is 12.4. The van der Waals surface area contributed by atoms with E-state index >= 15 is 0 Å². The Morgan fingerprint density at radius 1 is 0.970 bits per heavy atom. The van der Waals surface area contributed by atoms with Crippen molar-refractivity contribution in [2.75, 3.05) is 11.9 Å². The third-order valence-electron chi connectivity index (χ3n) is 4.18. The molecule has 0 spiro atoms. The van der Waals surface area contributed by atoms with Crippen molar-refractivity contribution in [2.45, 2.75) is 60.1 Å². The first-order chi connectivity index (χ1) is 15.2. The summed E-state index contributed by atoms with van der Waals surface area (Å²) in [4.78, 5) is 36.7. The van der Waals surface area contributed by atoms with Crippen LogP contribution in [0.5, 0.6) is 0 Å². The van der Waals surface area contributed by atoms with Crippen LogP contribution < -0.4 is 5.32 Å². The second-order valence-corrected chi connectivity index (χ2v) is 9.47. The molecule has 0 aliphatic heterocycles. The maximum atomic E-state index is 12.4. The smallest absolute Gasteiger partial charge is 0.410 e. The van der Waals surface area contributed by atoms with Crippen LogP contribution in [-0.4, -0.2) is 60.5 Å². The van der Waals surface area contributed by atoms with Crippen molar-refractivity contribution in [1.29, 1.82) is 0 Å². The van der Waals surface area contributed by atoms with E-state index < -0.39 is 23.1 Å². The molecule has 0 unspecified atom stereocenters. The van der Waals surface area contributed by atoms with Crippen molar-refractivity contribution >= 4 is 23.7 Å². The van der Waals surface area contributed by atoms with Gasteiger partial charge in [0, 0.05) is 23.2 Å². The van der Waals surface area contributed by atoms with E-state index in [1.165, 1.54) is 4.90 Å². The number of nitrogens with one attached hydrogen (secondary N) is 1. The summed E-state index contributed by atoms with van der Waals surface area (Å²) >= 11 is 0. The molecule has 178 valence electrons. The van der Waals surface area contributed by atoms with Crippen LogP contribution in [0.1, 0.15) is 53.8 Å². The molecule has 0 bridgehead atoms. The number of aliphatic carboxylic acids is 1. The van der Waals surface area contributed by atoms with Crippen LogP contribution >= 0.6 is 0 Å². The Morgan fingerprint density at radius 3 is 2.03 bits per heavy atom. The fraction of sp³-hybridized carbons (Fsp3) is 0.500. The van der Waals surface area contributed by atoms with Gasteiger partial charge >= 0.3 is 12.1 Å². The number of carbonyl (C=O) groups excluding carboxylic acids is 2. The second-order valence-electron chi connectivity index (χ2n) is 9.47. The Hall–Kier alpha value is -3.63. The van der Waals surface area contributed by atoms with Crippen LogP contribution in [0.2, 0.25) is 0 Å². The van der Waals surface area contributed by atoms with Crippen LogP contribution in [0.25, 0.3) is 11.4 Å². The van der Waals surface area contributed by atoms with Crippen molar-refractivity contribution in [3.8, 4) is 11.4 Å². The van der Waals surface area contributed by atoms with Gasteiger partial charge in [-0.05, 0) is 45.0 Å². The minimum absolute atomic E-state index is 0.0723. The number of amides is 2. The Bertz CT molecular complexity index is 978. The predicted octanol–water partition coefficient (Wildman–Crippen LogP) is 3.13. The summed E-state index contributed by atoms with van der Waals surface area (Å²) in [5.41, 5.74) is 0.0364. The first-order valence-corrected chi connectivity index (χ1v) is 10.4. The number of anilines is 1. The molecule has 0 aliphatic carbocycles. The molecule has 11 heteroatoms. The molecule has 0 aliphatic rings. The third kappa shape index (κ3) is 8.43. The van der Waals surface area contributed by atoms with Gasteiger partial charge in [0.1, 0.15) is 5.60 Å². The van der Waals surface area contributed by atoms with Gasteiger partial charge in [-0.25, -0.2) is 4.79 Å². The first-order valence-electron chi connectivity index (χ1n) is 10.4. The fourth-order valence-electron chi connectivity index (χ4n) is 2.41. The summed E-state index contributed by atoms with van der Waals surface area (Å²) in [5, 5.41) is 27.9. The number of nitrogens with zero attached hydrogens (tertiary/aromatic N) is 5. The molecule has 1 aromatic heterocycles. The quantitative estimate of drug-likeness (QED) is 0.638. The van der Waals surface area contributed by atoms with E-state index in [-0.39, 0.29) is 37.1 Å². The number of hydrogen-bond acceptors (Lipinski definition) is 8. The van der Waals surface area contributed by atoms with Gasteiger partial charge in [0.2, 0.25) is 11.7 Å². The van der Waals surface area contributed by atoms with Gasteiger partial charge in [-0.3, -0.25) is 14.5 Å².